The number of ether oxygens (including phenoxy) is 8. The van der Waals surface area contributed by atoms with Crippen LogP contribution in [0.15, 0.2) is 121 Å². The maximum absolute atomic E-state index is 14.1. The molecule has 0 bridgehead atoms. The molecule has 10 atom stereocenters. The number of unbranched alkanes of at least 4 members (excludes halogenated alkanes) is 5. The van der Waals surface area contributed by atoms with Gasteiger partial charge in [0.15, 0.2) is 30.9 Å². The van der Waals surface area contributed by atoms with Gasteiger partial charge >= 0.3 is 23.9 Å². The molecule has 0 saturated carbocycles. The van der Waals surface area contributed by atoms with Gasteiger partial charge in [-0.15, -0.1) is 0 Å². The summed E-state index contributed by atoms with van der Waals surface area (Å²) in [5.74, 6) is -4.07. The molecule has 66 heavy (non-hydrogen) atoms. The van der Waals surface area contributed by atoms with E-state index in [1.807, 2.05) is 0 Å². The predicted octanol–water partition coefficient (Wildman–Crippen LogP) is 5.59. The van der Waals surface area contributed by atoms with Crippen LogP contribution in [0.3, 0.4) is 0 Å². The molecule has 2 aliphatic rings. The lowest BCUT2D eigenvalue weighted by molar-refractivity contribution is -0.343. The summed E-state index contributed by atoms with van der Waals surface area (Å²) in [6.07, 6.45) is -8.60. The summed E-state index contributed by atoms with van der Waals surface area (Å²) in [4.78, 5) is 68.4. The van der Waals surface area contributed by atoms with Gasteiger partial charge < -0.3 is 53.4 Å². The Labute approximate surface area is 383 Å². The SMILES string of the molecule is CCCCCCCCO[C@H]1O[C@H](CO)[C@H](O)[C@H](O[C@@H]2O[C@H](COC(=O)c3ccccc3)[C@H](OC(=O)c3ccccc3)[C@H](OC(=O)c3ccccc3)[C@H]2OC(=O)c2ccccc2)[C@H]1NC(C)=O. The molecule has 0 spiro atoms. The maximum Gasteiger partial charge on any atom is 0.338 e. The second kappa shape index (κ2) is 25.0. The molecule has 1 amide bonds. The zero-order valence-electron chi connectivity index (χ0n) is 36.9. The Bertz CT molecular complexity index is 2140. The van der Waals surface area contributed by atoms with Crippen LogP contribution in [0, 0.1) is 0 Å². The standard InChI is InChI=1S/C50H57NO15/c1-3-4-5-6-7-20-29-59-49-39(51-32(2)53)42(40(54)37(30-52)61-49)66-50-44(65-48(58)36-27-18-11-19-28-36)43(64-47(57)35-25-16-10-17-26-35)41(63-46(56)34-23-14-9-15-24-34)38(62-50)31-60-45(55)33-21-12-8-13-22-33/h8-19,21-28,37-44,49-50,52,54H,3-7,20,29-31H2,1-2H3,(H,51,53)/t37-,38-,39-,40+,41+,42-,43+,44-,49+,50+/m1/s1. The smallest absolute Gasteiger partial charge is 0.338 e. The number of esters is 4. The van der Waals surface area contributed by atoms with E-state index >= 15 is 0 Å². The number of hydrogen-bond donors (Lipinski definition) is 3. The zero-order valence-corrected chi connectivity index (χ0v) is 36.9. The number of rotatable bonds is 21. The average Bonchev–Trinajstić information content (AvgIpc) is 3.34. The predicted molar refractivity (Wildman–Crippen MR) is 236 cm³/mol. The largest absolute Gasteiger partial charge is 0.459 e. The first-order valence-corrected chi connectivity index (χ1v) is 22.2. The van der Waals surface area contributed by atoms with Gasteiger partial charge in [0.2, 0.25) is 5.91 Å². The minimum absolute atomic E-state index is 0.0758. The fraction of sp³-hybridized carbons (Fsp3) is 0.420. The second-order valence-corrected chi connectivity index (χ2v) is 15.9. The third-order valence-electron chi connectivity index (χ3n) is 11.0. The highest BCUT2D eigenvalue weighted by atomic mass is 16.8. The van der Waals surface area contributed by atoms with Gasteiger partial charge in [-0.2, -0.15) is 0 Å². The van der Waals surface area contributed by atoms with Gasteiger partial charge in [-0.1, -0.05) is 112 Å². The topological polar surface area (TPSA) is 212 Å². The zero-order chi connectivity index (χ0) is 46.8. The van der Waals surface area contributed by atoms with E-state index in [-0.39, 0.29) is 28.9 Å². The molecule has 2 heterocycles. The number of hydrogen-bond acceptors (Lipinski definition) is 15. The minimum Gasteiger partial charge on any atom is -0.459 e. The monoisotopic (exact) mass is 911 g/mol. The number of benzene rings is 4. The van der Waals surface area contributed by atoms with Crippen molar-refractivity contribution in [1.82, 2.24) is 5.32 Å². The lowest BCUT2D eigenvalue weighted by Gasteiger charge is -2.48. The molecule has 4 aromatic carbocycles. The number of amides is 1. The molecule has 2 saturated heterocycles. The third-order valence-corrected chi connectivity index (χ3v) is 11.0. The van der Waals surface area contributed by atoms with Gasteiger partial charge in [-0.25, -0.2) is 19.2 Å². The van der Waals surface area contributed by atoms with Gasteiger partial charge in [0.25, 0.3) is 0 Å². The first-order chi connectivity index (χ1) is 32.1. The Morgan fingerprint density at radius 3 is 1.52 bits per heavy atom. The van der Waals surface area contributed by atoms with Crippen molar-refractivity contribution in [3.8, 4) is 0 Å². The van der Waals surface area contributed by atoms with Gasteiger partial charge in [-0.05, 0) is 55.0 Å². The van der Waals surface area contributed by atoms with E-state index in [0.29, 0.717) is 6.42 Å². The molecule has 0 unspecified atom stereocenters. The molecule has 0 aliphatic carbocycles. The van der Waals surface area contributed by atoms with Gasteiger partial charge in [-0.3, -0.25) is 4.79 Å². The molecule has 4 aromatic rings. The van der Waals surface area contributed by atoms with Crippen LogP contribution in [0.4, 0.5) is 0 Å². The van der Waals surface area contributed by atoms with Crippen LogP contribution >= 0.6 is 0 Å². The molecule has 352 valence electrons. The van der Waals surface area contributed by atoms with Crippen molar-refractivity contribution in [3.05, 3.63) is 144 Å². The third kappa shape index (κ3) is 13.5. The van der Waals surface area contributed by atoms with E-state index in [9.17, 15) is 34.2 Å². The number of aliphatic hydroxyl groups excluding tert-OH is 2. The highest BCUT2D eigenvalue weighted by Gasteiger charge is 2.56. The van der Waals surface area contributed by atoms with Crippen LogP contribution in [0.1, 0.15) is 93.8 Å². The highest BCUT2D eigenvalue weighted by molar-refractivity contribution is 5.91. The van der Waals surface area contributed by atoms with E-state index in [1.54, 1.807) is 72.8 Å². The number of carbonyl (C=O) groups is 5. The molecule has 6 rings (SSSR count). The Hall–Kier alpha value is -6.01. The minimum atomic E-state index is -1.84. The summed E-state index contributed by atoms with van der Waals surface area (Å²) in [7, 11) is 0. The molecule has 16 nitrogen and oxygen atoms in total. The van der Waals surface area contributed by atoms with Crippen LogP contribution in [0.2, 0.25) is 0 Å². The number of carbonyl (C=O) groups excluding carboxylic acids is 5. The van der Waals surface area contributed by atoms with Crippen LogP contribution in [0.25, 0.3) is 0 Å². The molecular weight excluding hydrogens is 855 g/mol. The van der Waals surface area contributed by atoms with Crippen LogP contribution in [0.5, 0.6) is 0 Å². The van der Waals surface area contributed by atoms with E-state index < -0.39 is 104 Å². The molecule has 3 N–H and O–H groups in total. The fourth-order valence-electron chi connectivity index (χ4n) is 7.63. The van der Waals surface area contributed by atoms with Crippen molar-refractivity contribution in [2.24, 2.45) is 0 Å². The Balaban J connectivity index is 1.42. The molecule has 2 fully saturated rings. The van der Waals surface area contributed by atoms with Crippen LogP contribution in [-0.2, 0) is 42.7 Å². The Morgan fingerprint density at radius 2 is 1.02 bits per heavy atom. The van der Waals surface area contributed by atoms with E-state index in [2.05, 4.69) is 12.2 Å². The summed E-state index contributed by atoms with van der Waals surface area (Å²) < 4.78 is 49.5. The summed E-state index contributed by atoms with van der Waals surface area (Å²) in [6.45, 7) is 2.24. The van der Waals surface area contributed by atoms with Gasteiger partial charge in [0.1, 0.15) is 37.1 Å². The van der Waals surface area contributed by atoms with E-state index in [1.165, 1.54) is 55.5 Å². The lowest BCUT2D eigenvalue weighted by atomic mass is 9.94. The van der Waals surface area contributed by atoms with Crippen molar-refractivity contribution in [1.29, 1.82) is 0 Å². The quantitative estimate of drug-likeness (QED) is 0.0529. The summed E-state index contributed by atoms with van der Waals surface area (Å²) in [6, 6.07) is 30.5. The summed E-state index contributed by atoms with van der Waals surface area (Å²) in [5.41, 5.74) is 0.446. The Kier molecular flexibility index (Phi) is 18.8. The molecule has 0 aromatic heterocycles. The first-order valence-electron chi connectivity index (χ1n) is 22.2. The second-order valence-electron chi connectivity index (χ2n) is 15.9. The maximum atomic E-state index is 14.1. The van der Waals surface area contributed by atoms with Gasteiger partial charge in [0.05, 0.1) is 28.9 Å². The summed E-state index contributed by atoms with van der Waals surface area (Å²) >= 11 is 0. The molecule has 2 aliphatic heterocycles. The molecular formula is C50H57NO15. The summed E-state index contributed by atoms with van der Waals surface area (Å²) in [5, 5.41) is 25.0. The van der Waals surface area contributed by atoms with Crippen LogP contribution in [-0.4, -0.2) is 121 Å². The Morgan fingerprint density at radius 1 is 0.561 bits per heavy atom. The van der Waals surface area contributed by atoms with Crippen molar-refractivity contribution >= 4 is 29.8 Å². The van der Waals surface area contributed by atoms with E-state index in [0.717, 1.165) is 32.1 Å². The fourth-order valence-corrected chi connectivity index (χ4v) is 7.63. The van der Waals surface area contributed by atoms with Crippen molar-refractivity contribution in [2.45, 2.75) is 114 Å². The van der Waals surface area contributed by atoms with Crippen molar-refractivity contribution in [2.75, 3.05) is 19.8 Å². The average molecular weight is 912 g/mol. The van der Waals surface area contributed by atoms with Gasteiger partial charge in [0, 0.05) is 13.5 Å². The van der Waals surface area contributed by atoms with Crippen molar-refractivity contribution < 1.29 is 72.1 Å². The number of nitrogens with one attached hydrogen (secondary N) is 1. The lowest BCUT2D eigenvalue weighted by Crippen LogP contribution is -2.69. The van der Waals surface area contributed by atoms with Crippen LogP contribution < -0.4 is 5.32 Å². The molecule has 16 heteroatoms. The normalized spacial score (nSPS) is 24.9. The highest BCUT2D eigenvalue weighted by Crippen LogP contribution is 2.35. The first kappa shape index (κ1) is 49.4. The molecule has 0 radical (unpaired) electrons. The van der Waals surface area contributed by atoms with Crippen molar-refractivity contribution in [3.63, 3.8) is 0 Å². The number of aliphatic hydroxyl groups is 2. The van der Waals surface area contributed by atoms with E-state index in [4.69, 9.17) is 37.9 Å².